The van der Waals surface area contributed by atoms with Gasteiger partial charge in [-0.1, -0.05) is 13.8 Å². The lowest BCUT2D eigenvalue weighted by atomic mass is 10.2. The number of aromatic nitrogens is 6. The van der Waals surface area contributed by atoms with Crippen molar-refractivity contribution in [2.45, 2.75) is 51.6 Å². The first kappa shape index (κ1) is 22.0. The van der Waals surface area contributed by atoms with Crippen LogP contribution in [0.1, 0.15) is 44.8 Å². The fourth-order valence-electron chi connectivity index (χ4n) is 2.82. The van der Waals surface area contributed by atoms with Crippen LogP contribution >= 0.6 is 11.6 Å². The summed E-state index contributed by atoms with van der Waals surface area (Å²) in [5, 5.41) is 3.00. The molecule has 0 bridgehead atoms. The molecule has 3 rings (SSSR count). The Kier molecular flexibility index (Phi) is 6.32. The molecule has 0 aliphatic heterocycles. The van der Waals surface area contributed by atoms with Gasteiger partial charge in [-0.2, -0.15) is 4.98 Å². The molecule has 12 heteroatoms. The van der Waals surface area contributed by atoms with Gasteiger partial charge in [-0.3, -0.25) is 9.36 Å². The Balaban J connectivity index is 1.99. The van der Waals surface area contributed by atoms with Gasteiger partial charge in [0.2, 0.25) is 5.28 Å². The fourth-order valence-corrected chi connectivity index (χ4v) is 3.78. The number of nitrogens with zero attached hydrogens (tertiary/aromatic N) is 6. The summed E-state index contributed by atoms with van der Waals surface area (Å²) in [5.74, 6) is 0.395. The molecule has 1 atom stereocenters. The SMILES string of the molecule is CC[C@H](C)n1c(=O)c(NCc2ncc(S(=O)(=O)CC)cn2)nc2c(C)nc(Cl)nc21. The highest BCUT2D eigenvalue weighted by Gasteiger charge is 2.19. The first-order valence-electron chi connectivity index (χ1n) is 9.41. The largest absolute Gasteiger partial charge is 0.358 e. The summed E-state index contributed by atoms with van der Waals surface area (Å²) in [7, 11) is -3.38. The summed E-state index contributed by atoms with van der Waals surface area (Å²) in [4.78, 5) is 34.0. The lowest BCUT2D eigenvalue weighted by molar-refractivity contribution is 0.526. The molecule has 160 valence electrons. The Bertz CT molecular complexity index is 1240. The second-order valence-corrected chi connectivity index (χ2v) is 9.35. The highest BCUT2D eigenvalue weighted by Crippen LogP contribution is 2.20. The van der Waals surface area contributed by atoms with Crippen molar-refractivity contribution < 1.29 is 8.42 Å². The van der Waals surface area contributed by atoms with Crippen LogP contribution in [0.5, 0.6) is 0 Å². The molecule has 3 aromatic heterocycles. The summed E-state index contributed by atoms with van der Waals surface area (Å²) >= 11 is 5.99. The molecule has 1 N–H and O–H groups in total. The minimum absolute atomic E-state index is 0.0322. The average Bonchev–Trinajstić information content (AvgIpc) is 2.72. The molecule has 0 unspecified atom stereocenters. The summed E-state index contributed by atoms with van der Waals surface area (Å²) in [6, 6.07) is -0.135. The van der Waals surface area contributed by atoms with Gasteiger partial charge >= 0.3 is 0 Å². The number of halogens is 1. The third kappa shape index (κ3) is 4.26. The summed E-state index contributed by atoms with van der Waals surface area (Å²) in [6.07, 6.45) is 3.22. The lowest BCUT2D eigenvalue weighted by Gasteiger charge is -2.17. The molecule has 0 saturated carbocycles. The van der Waals surface area contributed by atoms with E-state index in [4.69, 9.17) is 11.6 Å². The van der Waals surface area contributed by atoms with Crippen molar-refractivity contribution in [2.24, 2.45) is 0 Å². The Morgan fingerprint density at radius 1 is 1.17 bits per heavy atom. The number of nitrogens with one attached hydrogen (secondary N) is 1. The van der Waals surface area contributed by atoms with Crippen LogP contribution in [0, 0.1) is 6.92 Å². The maximum atomic E-state index is 13.1. The van der Waals surface area contributed by atoms with E-state index in [1.165, 1.54) is 12.4 Å². The molecule has 0 radical (unpaired) electrons. The van der Waals surface area contributed by atoms with E-state index in [-0.39, 0.29) is 39.9 Å². The van der Waals surface area contributed by atoms with E-state index in [2.05, 4.69) is 30.2 Å². The van der Waals surface area contributed by atoms with Gasteiger partial charge in [-0.25, -0.2) is 28.4 Å². The van der Waals surface area contributed by atoms with Gasteiger partial charge in [0.05, 0.1) is 18.0 Å². The first-order valence-corrected chi connectivity index (χ1v) is 11.4. The monoisotopic (exact) mass is 451 g/mol. The lowest BCUT2D eigenvalue weighted by Crippen LogP contribution is -2.29. The topological polar surface area (TPSA) is 133 Å². The summed E-state index contributed by atoms with van der Waals surface area (Å²) in [5.41, 5.74) is 1.04. The molecule has 30 heavy (non-hydrogen) atoms. The minimum Gasteiger partial charge on any atom is -0.358 e. The molecular formula is C18H22ClN7O3S. The van der Waals surface area contributed by atoms with Crippen molar-refractivity contribution in [1.29, 1.82) is 0 Å². The maximum Gasteiger partial charge on any atom is 0.295 e. The average molecular weight is 452 g/mol. The van der Waals surface area contributed by atoms with E-state index in [1.54, 1.807) is 18.4 Å². The molecule has 0 amide bonds. The zero-order valence-corrected chi connectivity index (χ0v) is 18.6. The van der Waals surface area contributed by atoms with Crippen LogP contribution in [0.2, 0.25) is 5.28 Å². The van der Waals surface area contributed by atoms with Gasteiger partial charge in [0.15, 0.2) is 21.3 Å². The van der Waals surface area contributed by atoms with Crippen LogP contribution in [0.15, 0.2) is 22.1 Å². The van der Waals surface area contributed by atoms with Gasteiger partial charge < -0.3 is 5.32 Å². The number of fused-ring (bicyclic) bond motifs is 1. The van der Waals surface area contributed by atoms with Crippen molar-refractivity contribution in [3.8, 4) is 0 Å². The van der Waals surface area contributed by atoms with Gasteiger partial charge in [-0.05, 0) is 31.9 Å². The molecule has 0 spiro atoms. The van der Waals surface area contributed by atoms with Crippen molar-refractivity contribution in [3.05, 3.63) is 39.5 Å². The number of hydrogen-bond donors (Lipinski definition) is 1. The molecule has 0 aliphatic carbocycles. The third-order valence-electron chi connectivity index (χ3n) is 4.75. The second kappa shape index (κ2) is 8.60. The van der Waals surface area contributed by atoms with E-state index in [9.17, 15) is 13.2 Å². The highest BCUT2D eigenvalue weighted by molar-refractivity contribution is 7.91. The quantitative estimate of drug-likeness (QED) is 0.537. The number of rotatable bonds is 7. The minimum atomic E-state index is -3.38. The zero-order chi connectivity index (χ0) is 22.1. The van der Waals surface area contributed by atoms with E-state index in [0.29, 0.717) is 29.1 Å². The van der Waals surface area contributed by atoms with Crippen LogP contribution < -0.4 is 10.9 Å². The van der Waals surface area contributed by atoms with Gasteiger partial charge in [-0.15, -0.1) is 0 Å². The molecule has 10 nitrogen and oxygen atoms in total. The predicted molar refractivity (Wildman–Crippen MR) is 113 cm³/mol. The van der Waals surface area contributed by atoms with E-state index < -0.39 is 9.84 Å². The Hall–Kier alpha value is -2.66. The molecule has 3 aromatic rings. The summed E-state index contributed by atoms with van der Waals surface area (Å²) in [6.45, 7) is 7.26. The maximum absolute atomic E-state index is 13.1. The Morgan fingerprint density at radius 3 is 2.43 bits per heavy atom. The van der Waals surface area contributed by atoms with Crippen molar-refractivity contribution in [2.75, 3.05) is 11.1 Å². The zero-order valence-electron chi connectivity index (χ0n) is 17.0. The normalized spacial score (nSPS) is 12.8. The molecule has 3 heterocycles. The van der Waals surface area contributed by atoms with Crippen molar-refractivity contribution in [3.63, 3.8) is 0 Å². The van der Waals surface area contributed by atoms with Crippen LogP contribution in [0.3, 0.4) is 0 Å². The molecular weight excluding hydrogens is 430 g/mol. The molecule has 0 aliphatic rings. The van der Waals surface area contributed by atoms with Gasteiger partial charge in [0.1, 0.15) is 16.2 Å². The molecule has 0 fully saturated rings. The fraction of sp³-hybridized carbons (Fsp3) is 0.444. The number of sulfone groups is 1. The van der Waals surface area contributed by atoms with Crippen LogP contribution in [0.25, 0.3) is 11.2 Å². The third-order valence-corrected chi connectivity index (χ3v) is 6.61. The first-order chi connectivity index (χ1) is 14.2. The predicted octanol–water partition coefficient (Wildman–Crippen LogP) is 2.32. The van der Waals surface area contributed by atoms with Gasteiger partial charge in [0.25, 0.3) is 5.56 Å². The van der Waals surface area contributed by atoms with Crippen LogP contribution in [-0.4, -0.2) is 43.7 Å². The number of aryl methyl sites for hydroxylation is 1. The highest BCUT2D eigenvalue weighted by atomic mass is 35.5. The van der Waals surface area contributed by atoms with Crippen molar-refractivity contribution in [1.82, 2.24) is 29.5 Å². The Labute approximate surface area is 178 Å². The summed E-state index contributed by atoms with van der Waals surface area (Å²) < 4.78 is 25.3. The standard InChI is InChI=1S/C18H22ClN7O3S/c1-5-10(3)26-16-14(11(4)23-18(19)25-16)24-15(17(26)27)22-9-13-20-7-12(8-21-13)30(28,29)6-2/h7-8,10H,5-6,9H2,1-4H3,(H,22,24)/t10-/m0/s1. The second-order valence-electron chi connectivity index (χ2n) is 6.74. The number of hydrogen-bond acceptors (Lipinski definition) is 9. The van der Waals surface area contributed by atoms with Gasteiger partial charge in [0, 0.05) is 18.4 Å². The number of anilines is 1. The van der Waals surface area contributed by atoms with Crippen molar-refractivity contribution >= 4 is 38.4 Å². The molecule has 0 saturated heterocycles. The van der Waals surface area contributed by atoms with E-state index >= 15 is 0 Å². The van der Waals surface area contributed by atoms with E-state index in [0.717, 1.165) is 0 Å². The van der Waals surface area contributed by atoms with Crippen LogP contribution in [-0.2, 0) is 16.4 Å². The smallest absolute Gasteiger partial charge is 0.295 e. The van der Waals surface area contributed by atoms with Crippen LogP contribution in [0.4, 0.5) is 5.82 Å². The van der Waals surface area contributed by atoms with E-state index in [1.807, 2.05) is 13.8 Å². The molecule has 0 aromatic carbocycles. The Morgan fingerprint density at radius 2 is 1.83 bits per heavy atom.